The molecule has 0 bridgehead atoms. The largest absolute Gasteiger partial charge is 0.494 e. The van der Waals surface area contributed by atoms with Crippen molar-refractivity contribution in [3.63, 3.8) is 0 Å². The number of aromatic amines is 1. The lowest BCUT2D eigenvalue weighted by atomic mass is 10.0. The summed E-state index contributed by atoms with van der Waals surface area (Å²) in [4.78, 5) is 18.5. The summed E-state index contributed by atoms with van der Waals surface area (Å²) in [6.07, 6.45) is 4.06. The Balaban J connectivity index is 1.73. The molecule has 3 heterocycles. The SMILES string of the molecule is CCC[C@@H](c1nnnn1C(C)(C)C)N(Cc1cc2cc(OCC)ccc2[nH]c1=O)C[C@@H]1CCCO1. The van der Waals surface area contributed by atoms with Crippen LogP contribution in [0.15, 0.2) is 29.1 Å². The predicted octanol–water partition coefficient (Wildman–Crippen LogP) is 4.19. The van der Waals surface area contributed by atoms with E-state index in [1.165, 1.54) is 0 Å². The summed E-state index contributed by atoms with van der Waals surface area (Å²) in [6, 6.07) is 7.70. The third-order valence-corrected chi connectivity index (χ3v) is 6.47. The fourth-order valence-corrected chi connectivity index (χ4v) is 4.80. The highest BCUT2D eigenvalue weighted by Crippen LogP contribution is 2.30. The average Bonchev–Trinajstić information content (AvgIpc) is 3.50. The van der Waals surface area contributed by atoms with E-state index in [1.807, 2.05) is 35.9 Å². The zero-order valence-corrected chi connectivity index (χ0v) is 21.6. The Morgan fingerprint density at radius 1 is 1.29 bits per heavy atom. The van der Waals surface area contributed by atoms with E-state index in [0.717, 1.165) is 61.3 Å². The summed E-state index contributed by atoms with van der Waals surface area (Å²) >= 11 is 0. The van der Waals surface area contributed by atoms with Crippen LogP contribution < -0.4 is 10.3 Å². The smallest absolute Gasteiger partial charge is 0.252 e. The number of tetrazole rings is 1. The normalized spacial score (nSPS) is 17.4. The van der Waals surface area contributed by atoms with Crippen LogP contribution in [0.5, 0.6) is 5.75 Å². The van der Waals surface area contributed by atoms with Gasteiger partial charge in [-0.15, -0.1) is 5.10 Å². The van der Waals surface area contributed by atoms with E-state index in [-0.39, 0.29) is 23.2 Å². The number of ether oxygens (including phenoxy) is 2. The Morgan fingerprint density at radius 3 is 2.80 bits per heavy atom. The van der Waals surface area contributed by atoms with Crippen molar-refractivity contribution in [1.82, 2.24) is 30.1 Å². The van der Waals surface area contributed by atoms with Gasteiger partial charge in [0.25, 0.3) is 5.56 Å². The summed E-state index contributed by atoms with van der Waals surface area (Å²) in [5.41, 5.74) is 1.18. The Hall–Kier alpha value is -2.78. The highest BCUT2D eigenvalue weighted by atomic mass is 16.5. The molecule has 2 aromatic heterocycles. The fraction of sp³-hybridized carbons (Fsp3) is 0.615. The lowest BCUT2D eigenvalue weighted by molar-refractivity contribution is 0.0465. The Morgan fingerprint density at radius 2 is 2.11 bits per heavy atom. The van der Waals surface area contributed by atoms with Gasteiger partial charge >= 0.3 is 0 Å². The van der Waals surface area contributed by atoms with Crippen molar-refractivity contribution in [2.75, 3.05) is 19.8 Å². The first-order chi connectivity index (χ1) is 16.8. The lowest BCUT2D eigenvalue weighted by Crippen LogP contribution is -2.39. The van der Waals surface area contributed by atoms with E-state index in [1.54, 1.807) is 0 Å². The van der Waals surface area contributed by atoms with Crippen LogP contribution in [0.1, 0.15) is 77.7 Å². The molecule has 190 valence electrons. The molecular formula is C26H38N6O3. The van der Waals surface area contributed by atoms with Crippen molar-refractivity contribution in [3.8, 4) is 5.75 Å². The molecule has 9 nitrogen and oxygen atoms in total. The number of benzene rings is 1. The molecule has 0 saturated carbocycles. The van der Waals surface area contributed by atoms with E-state index < -0.39 is 0 Å². The number of rotatable bonds is 10. The Bertz CT molecular complexity index is 1180. The molecule has 2 atom stereocenters. The molecule has 3 aromatic rings. The number of aromatic nitrogens is 5. The standard InChI is InChI=1S/C26H38N6O3/c1-6-9-23(24-28-29-30-32(24)26(3,4)5)31(17-21-10-8-13-35-21)16-19-14-18-15-20(34-7-2)11-12-22(18)27-25(19)33/h11-12,14-15,21,23H,6-10,13,16-17H2,1-5H3,(H,27,33)/t21-,23-/m0/s1. The van der Waals surface area contributed by atoms with E-state index in [9.17, 15) is 4.79 Å². The number of nitrogens with zero attached hydrogens (tertiary/aromatic N) is 5. The molecule has 0 amide bonds. The molecule has 1 saturated heterocycles. The van der Waals surface area contributed by atoms with Crippen LogP contribution in [-0.2, 0) is 16.8 Å². The molecule has 1 aromatic carbocycles. The van der Waals surface area contributed by atoms with Crippen LogP contribution in [0.2, 0.25) is 0 Å². The van der Waals surface area contributed by atoms with Gasteiger partial charge in [-0.25, -0.2) is 4.68 Å². The highest BCUT2D eigenvalue weighted by molar-refractivity contribution is 5.80. The third kappa shape index (κ3) is 5.90. The summed E-state index contributed by atoms with van der Waals surface area (Å²) in [5.74, 6) is 1.62. The number of hydrogen-bond donors (Lipinski definition) is 1. The summed E-state index contributed by atoms with van der Waals surface area (Å²) < 4.78 is 13.6. The van der Waals surface area contributed by atoms with Crippen LogP contribution in [-0.4, -0.2) is 56.0 Å². The van der Waals surface area contributed by atoms with E-state index in [4.69, 9.17) is 9.47 Å². The second-order valence-corrected chi connectivity index (χ2v) is 10.3. The van der Waals surface area contributed by atoms with Gasteiger partial charge in [-0.2, -0.15) is 0 Å². The van der Waals surface area contributed by atoms with Gasteiger partial charge in [-0.05, 0) is 81.6 Å². The zero-order chi connectivity index (χ0) is 25.0. The number of H-pyrrole nitrogens is 1. The van der Waals surface area contributed by atoms with Gasteiger partial charge in [0.2, 0.25) is 0 Å². The molecule has 0 unspecified atom stereocenters. The van der Waals surface area contributed by atoms with Gasteiger partial charge in [-0.1, -0.05) is 13.3 Å². The van der Waals surface area contributed by atoms with Gasteiger partial charge < -0.3 is 14.5 Å². The first-order valence-electron chi connectivity index (χ1n) is 12.7. The van der Waals surface area contributed by atoms with Gasteiger partial charge in [0.1, 0.15) is 5.75 Å². The second-order valence-electron chi connectivity index (χ2n) is 10.3. The van der Waals surface area contributed by atoms with Crippen molar-refractivity contribution < 1.29 is 9.47 Å². The van der Waals surface area contributed by atoms with Gasteiger partial charge in [0.05, 0.1) is 24.3 Å². The molecule has 9 heteroatoms. The highest BCUT2D eigenvalue weighted by Gasteiger charge is 2.32. The molecule has 1 aliphatic heterocycles. The summed E-state index contributed by atoms with van der Waals surface area (Å²) in [5, 5.41) is 13.7. The minimum atomic E-state index is -0.254. The molecule has 0 radical (unpaired) electrons. The van der Waals surface area contributed by atoms with Gasteiger partial charge in [0, 0.05) is 36.2 Å². The molecule has 1 aliphatic rings. The molecule has 35 heavy (non-hydrogen) atoms. The fourth-order valence-electron chi connectivity index (χ4n) is 4.80. The van der Waals surface area contributed by atoms with Crippen molar-refractivity contribution >= 4 is 10.9 Å². The molecular weight excluding hydrogens is 444 g/mol. The number of hydrogen-bond acceptors (Lipinski definition) is 7. The number of fused-ring (bicyclic) bond motifs is 1. The lowest BCUT2D eigenvalue weighted by Gasteiger charge is -2.34. The van der Waals surface area contributed by atoms with Gasteiger partial charge in [-0.3, -0.25) is 9.69 Å². The predicted molar refractivity (Wildman–Crippen MR) is 136 cm³/mol. The van der Waals surface area contributed by atoms with Gasteiger partial charge in [0.15, 0.2) is 5.82 Å². The summed E-state index contributed by atoms with van der Waals surface area (Å²) in [7, 11) is 0. The van der Waals surface area contributed by atoms with Crippen molar-refractivity contribution in [3.05, 3.63) is 46.0 Å². The number of pyridine rings is 1. The molecule has 0 aliphatic carbocycles. The van der Waals surface area contributed by atoms with Crippen LogP contribution in [0.4, 0.5) is 0 Å². The van der Waals surface area contributed by atoms with E-state index in [0.29, 0.717) is 18.7 Å². The minimum absolute atomic E-state index is 0.0386. The van der Waals surface area contributed by atoms with Crippen LogP contribution in [0.25, 0.3) is 10.9 Å². The maximum atomic E-state index is 13.1. The Kier molecular flexibility index (Phi) is 7.86. The topological polar surface area (TPSA) is 98.2 Å². The van der Waals surface area contributed by atoms with Crippen LogP contribution in [0.3, 0.4) is 0 Å². The first-order valence-corrected chi connectivity index (χ1v) is 12.7. The second kappa shape index (κ2) is 10.9. The molecule has 1 fully saturated rings. The summed E-state index contributed by atoms with van der Waals surface area (Å²) in [6.45, 7) is 13.0. The Labute approximate surface area is 206 Å². The van der Waals surface area contributed by atoms with E-state index in [2.05, 4.69) is 53.1 Å². The van der Waals surface area contributed by atoms with Crippen molar-refractivity contribution in [2.45, 2.75) is 84.5 Å². The van der Waals surface area contributed by atoms with E-state index >= 15 is 0 Å². The van der Waals surface area contributed by atoms with Crippen LogP contribution in [0, 0.1) is 0 Å². The quantitative estimate of drug-likeness (QED) is 0.463. The number of nitrogens with one attached hydrogen (secondary N) is 1. The molecule has 0 spiro atoms. The van der Waals surface area contributed by atoms with Crippen molar-refractivity contribution in [2.24, 2.45) is 0 Å². The average molecular weight is 483 g/mol. The minimum Gasteiger partial charge on any atom is -0.494 e. The third-order valence-electron chi connectivity index (χ3n) is 6.47. The maximum Gasteiger partial charge on any atom is 0.252 e. The van der Waals surface area contributed by atoms with Crippen molar-refractivity contribution in [1.29, 1.82) is 0 Å². The van der Waals surface area contributed by atoms with Crippen LogP contribution >= 0.6 is 0 Å². The maximum absolute atomic E-state index is 13.1. The molecule has 4 rings (SSSR count). The monoisotopic (exact) mass is 482 g/mol. The zero-order valence-electron chi connectivity index (χ0n) is 21.6. The molecule has 1 N–H and O–H groups in total. The first kappa shape index (κ1) is 25.3.